The third-order valence-electron chi connectivity index (χ3n) is 3.12. The summed E-state index contributed by atoms with van der Waals surface area (Å²) in [6.07, 6.45) is 1.88. The van der Waals surface area contributed by atoms with E-state index in [0.717, 1.165) is 32.5 Å². The third kappa shape index (κ3) is 3.47. The van der Waals surface area contributed by atoms with Gasteiger partial charge in [-0.1, -0.05) is 6.92 Å². The minimum atomic E-state index is 0.0562. The highest BCUT2D eigenvalue weighted by molar-refractivity contribution is 5.78. The SMILES string of the molecule is CNCC(C)C(=O)N1CCC(CO)CC1. The average Bonchev–Trinajstić information content (AvgIpc) is 2.28. The lowest BCUT2D eigenvalue weighted by Crippen LogP contribution is -2.43. The van der Waals surface area contributed by atoms with Gasteiger partial charge in [-0.25, -0.2) is 0 Å². The number of carbonyl (C=O) groups is 1. The number of carbonyl (C=O) groups excluding carboxylic acids is 1. The van der Waals surface area contributed by atoms with Gasteiger partial charge < -0.3 is 15.3 Å². The van der Waals surface area contributed by atoms with E-state index in [1.807, 2.05) is 18.9 Å². The van der Waals surface area contributed by atoms with E-state index in [1.165, 1.54) is 0 Å². The normalized spacial score (nSPS) is 20.3. The molecule has 0 aromatic carbocycles. The average molecular weight is 214 g/mol. The Balaban J connectivity index is 2.35. The van der Waals surface area contributed by atoms with E-state index in [9.17, 15) is 4.79 Å². The molecule has 0 saturated carbocycles. The van der Waals surface area contributed by atoms with Crippen molar-refractivity contribution in [1.82, 2.24) is 10.2 Å². The second kappa shape index (κ2) is 6.08. The van der Waals surface area contributed by atoms with Crippen LogP contribution < -0.4 is 5.32 Å². The van der Waals surface area contributed by atoms with E-state index in [0.29, 0.717) is 5.92 Å². The number of hydrogen-bond acceptors (Lipinski definition) is 3. The van der Waals surface area contributed by atoms with Gasteiger partial charge in [0.2, 0.25) is 5.91 Å². The Labute approximate surface area is 91.6 Å². The highest BCUT2D eigenvalue weighted by Gasteiger charge is 2.24. The lowest BCUT2D eigenvalue weighted by atomic mass is 9.97. The molecule has 4 heteroatoms. The molecule has 0 aliphatic carbocycles. The van der Waals surface area contributed by atoms with Gasteiger partial charge >= 0.3 is 0 Å². The van der Waals surface area contributed by atoms with Crippen LogP contribution in [-0.2, 0) is 4.79 Å². The van der Waals surface area contributed by atoms with Crippen molar-refractivity contribution >= 4 is 5.91 Å². The standard InChI is InChI=1S/C11H22N2O2/c1-9(7-12-2)11(15)13-5-3-10(8-14)4-6-13/h9-10,12,14H,3-8H2,1-2H3. The molecule has 2 N–H and O–H groups in total. The van der Waals surface area contributed by atoms with E-state index < -0.39 is 0 Å². The van der Waals surface area contributed by atoms with Crippen LogP contribution in [0.25, 0.3) is 0 Å². The molecular formula is C11H22N2O2. The Hall–Kier alpha value is -0.610. The first kappa shape index (κ1) is 12.5. The predicted molar refractivity (Wildman–Crippen MR) is 59.5 cm³/mol. The molecule has 1 saturated heterocycles. The molecule has 0 aromatic heterocycles. The fourth-order valence-electron chi connectivity index (χ4n) is 2.04. The van der Waals surface area contributed by atoms with Crippen molar-refractivity contribution in [2.75, 3.05) is 33.3 Å². The second-order valence-corrected chi connectivity index (χ2v) is 4.41. The predicted octanol–water partition coefficient (Wildman–Crippen LogP) is 0.0728. The van der Waals surface area contributed by atoms with Crippen molar-refractivity contribution in [3.8, 4) is 0 Å². The molecule has 1 aliphatic rings. The molecule has 0 spiro atoms. The van der Waals surface area contributed by atoms with Crippen LogP contribution in [0.4, 0.5) is 0 Å². The van der Waals surface area contributed by atoms with Crippen LogP contribution in [-0.4, -0.2) is 49.2 Å². The minimum absolute atomic E-state index is 0.0562. The van der Waals surface area contributed by atoms with Crippen LogP contribution in [0.3, 0.4) is 0 Å². The lowest BCUT2D eigenvalue weighted by molar-refractivity contribution is -0.136. The van der Waals surface area contributed by atoms with Gasteiger partial charge in [-0.15, -0.1) is 0 Å². The van der Waals surface area contributed by atoms with Crippen LogP contribution in [0, 0.1) is 11.8 Å². The van der Waals surface area contributed by atoms with Crippen LogP contribution in [0.1, 0.15) is 19.8 Å². The van der Waals surface area contributed by atoms with Gasteiger partial charge in [-0.3, -0.25) is 4.79 Å². The summed E-state index contributed by atoms with van der Waals surface area (Å²) in [6, 6.07) is 0. The van der Waals surface area contributed by atoms with Gasteiger partial charge in [0, 0.05) is 32.2 Å². The second-order valence-electron chi connectivity index (χ2n) is 4.41. The Morgan fingerprint density at radius 2 is 2.13 bits per heavy atom. The molecule has 1 aliphatic heterocycles. The zero-order valence-electron chi connectivity index (χ0n) is 9.70. The van der Waals surface area contributed by atoms with Gasteiger partial charge in [0.25, 0.3) is 0 Å². The van der Waals surface area contributed by atoms with E-state index >= 15 is 0 Å². The molecule has 1 heterocycles. The van der Waals surface area contributed by atoms with Crippen molar-refractivity contribution in [2.24, 2.45) is 11.8 Å². The van der Waals surface area contributed by atoms with E-state index in [4.69, 9.17) is 5.11 Å². The van der Waals surface area contributed by atoms with E-state index in [2.05, 4.69) is 5.32 Å². The number of likely N-dealkylation sites (tertiary alicyclic amines) is 1. The van der Waals surface area contributed by atoms with Crippen LogP contribution in [0.15, 0.2) is 0 Å². The highest BCUT2D eigenvalue weighted by atomic mass is 16.3. The molecule has 0 radical (unpaired) electrons. The summed E-state index contributed by atoms with van der Waals surface area (Å²) in [7, 11) is 1.86. The van der Waals surface area contributed by atoms with Crippen molar-refractivity contribution in [3.05, 3.63) is 0 Å². The van der Waals surface area contributed by atoms with Crippen molar-refractivity contribution in [1.29, 1.82) is 0 Å². The summed E-state index contributed by atoms with van der Waals surface area (Å²) in [5.41, 5.74) is 0. The van der Waals surface area contributed by atoms with Gasteiger partial charge in [0.15, 0.2) is 0 Å². The monoisotopic (exact) mass is 214 g/mol. The highest BCUT2D eigenvalue weighted by Crippen LogP contribution is 2.17. The zero-order valence-corrected chi connectivity index (χ0v) is 9.70. The number of nitrogens with zero attached hydrogens (tertiary/aromatic N) is 1. The molecule has 1 amide bonds. The molecule has 0 aromatic rings. The van der Waals surface area contributed by atoms with E-state index in [-0.39, 0.29) is 18.4 Å². The van der Waals surface area contributed by atoms with Gasteiger partial charge in [-0.05, 0) is 25.8 Å². The summed E-state index contributed by atoms with van der Waals surface area (Å²) < 4.78 is 0. The van der Waals surface area contributed by atoms with E-state index in [1.54, 1.807) is 0 Å². The molecule has 1 fully saturated rings. The number of rotatable bonds is 4. The Kier molecular flexibility index (Phi) is 5.05. The molecule has 15 heavy (non-hydrogen) atoms. The number of piperidine rings is 1. The summed E-state index contributed by atoms with van der Waals surface area (Å²) >= 11 is 0. The van der Waals surface area contributed by atoms with Crippen molar-refractivity contribution in [2.45, 2.75) is 19.8 Å². The zero-order chi connectivity index (χ0) is 11.3. The van der Waals surface area contributed by atoms with Crippen molar-refractivity contribution < 1.29 is 9.90 Å². The summed E-state index contributed by atoms with van der Waals surface area (Å²) in [4.78, 5) is 13.8. The van der Waals surface area contributed by atoms with Crippen LogP contribution >= 0.6 is 0 Å². The van der Waals surface area contributed by atoms with Gasteiger partial charge in [0.1, 0.15) is 0 Å². The number of nitrogens with one attached hydrogen (secondary N) is 1. The number of aliphatic hydroxyl groups is 1. The number of aliphatic hydroxyl groups excluding tert-OH is 1. The summed E-state index contributed by atoms with van der Waals surface area (Å²) in [6.45, 7) is 4.56. The maximum atomic E-state index is 11.9. The fraction of sp³-hybridized carbons (Fsp3) is 0.909. The third-order valence-corrected chi connectivity index (χ3v) is 3.12. The quantitative estimate of drug-likeness (QED) is 0.696. The largest absolute Gasteiger partial charge is 0.396 e. The topological polar surface area (TPSA) is 52.6 Å². The Morgan fingerprint density at radius 3 is 2.60 bits per heavy atom. The maximum Gasteiger partial charge on any atom is 0.226 e. The summed E-state index contributed by atoms with van der Waals surface area (Å²) in [5, 5.41) is 12.0. The summed E-state index contributed by atoms with van der Waals surface area (Å²) in [5.74, 6) is 0.690. The fourth-order valence-corrected chi connectivity index (χ4v) is 2.04. The molecule has 1 rings (SSSR count). The maximum absolute atomic E-state index is 11.9. The molecule has 4 nitrogen and oxygen atoms in total. The Morgan fingerprint density at radius 1 is 1.53 bits per heavy atom. The minimum Gasteiger partial charge on any atom is -0.396 e. The van der Waals surface area contributed by atoms with Crippen LogP contribution in [0.2, 0.25) is 0 Å². The molecular weight excluding hydrogens is 192 g/mol. The molecule has 88 valence electrons. The molecule has 0 bridgehead atoms. The first-order valence-corrected chi connectivity index (χ1v) is 5.73. The lowest BCUT2D eigenvalue weighted by Gasteiger charge is -2.32. The smallest absolute Gasteiger partial charge is 0.226 e. The van der Waals surface area contributed by atoms with Gasteiger partial charge in [0.05, 0.1) is 0 Å². The number of hydrogen-bond donors (Lipinski definition) is 2. The van der Waals surface area contributed by atoms with Crippen LogP contribution in [0.5, 0.6) is 0 Å². The van der Waals surface area contributed by atoms with Crippen molar-refractivity contribution in [3.63, 3.8) is 0 Å². The first-order valence-electron chi connectivity index (χ1n) is 5.73. The number of amides is 1. The molecule has 1 unspecified atom stereocenters. The first-order chi connectivity index (χ1) is 7.19. The Bertz CT molecular complexity index is 201. The van der Waals surface area contributed by atoms with Gasteiger partial charge in [-0.2, -0.15) is 0 Å². The molecule has 1 atom stereocenters.